The summed E-state index contributed by atoms with van der Waals surface area (Å²) in [5.41, 5.74) is 1.02. The van der Waals surface area contributed by atoms with E-state index in [0.717, 1.165) is 16.6 Å². The van der Waals surface area contributed by atoms with Crippen molar-refractivity contribution in [1.29, 1.82) is 0 Å². The van der Waals surface area contributed by atoms with Crippen molar-refractivity contribution in [2.45, 2.75) is 20.0 Å². The first-order valence-corrected chi connectivity index (χ1v) is 5.85. The van der Waals surface area contributed by atoms with Crippen LogP contribution in [-0.4, -0.2) is 14.3 Å². The predicted octanol–water partition coefficient (Wildman–Crippen LogP) is 1.88. The van der Waals surface area contributed by atoms with Gasteiger partial charge in [-0.1, -0.05) is 0 Å². The monoisotopic (exact) mass is 281 g/mol. The Hall–Kier alpha value is -1.36. The maximum absolute atomic E-state index is 11.6. The highest BCUT2D eigenvalue weighted by Crippen LogP contribution is 2.07. The van der Waals surface area contributed by atoms with Gasteiger partial charge in [-0.05, 0) is 28.9 Å². The number of aromatic nitrogens is 3. The van der Waals surface area contributed by atoms with Crippen LogP contribution in [-0.2, 0) is 13.1 Å². The minimum atomic E-state index is -0.00699. The Balaban J connectivity index is 2.26. The number of halogens is 1. The molecule has 0 fully saturated rings. The predicted molar refractivity (Wildman–Crippen MR) is 65.4 cm³/mol. The average Bonchev–Trinajstić information content (AvgIpc) is 2.71. The summed E-state index contributed by atoms with van der Waals surface area (Å²) in [6, 6.07) is 3.29. The van der Waals surface area contributed by atoms with Crippen LogP contribution in [0, 0.1) is 0 Å². The van der Waals surface area contributed by atoms with Crippen molar-refractivity contribution < 1.29 is 0 Å². The van der Waals surface area contributed by atoms with E-state index in [0.29, 0.717) is 6.54 Å². The third-order valence-corrected chi connectivity index (χ3v) is 2.78. The first kappa shape index (κ1) is 11.1. The van der Waals surface area contributed by atoms with Gasteiger partial charge in [-0.15, -0.1) is 0 Å². The first-order chi connectivity index (χ1) is 7.69. The molecular formula is C11H12BrN3O. The van der Waals surface area contributed by atoms with E-state index in [2.05, 4.69) is 21.0 Å². The van der Waals surface area contributed by atoms with Crippen LogP contribution < -0.4 is 5.56 Å². The van der Waals surface area contributed by atoms with Crippen LogP contribution in [0.2, 0.25) is 0 Å². The van der Waals surface area contributed by atoms with Gasteiger partial charge in [-0.2, -0.15) is 5.10 Å². The second-order valence-electron chi connectivity index (χ2n) is 3.52. The molecule has 16 heavy (non-hydrogen) atoms. The summed E-state index contributed by atoms with van der Waals surface area (Å²) in [6.45, 7) is 3.42. The minimum Gasteiger partial charge on any atom is -0.310 e. The van der Waals surface area contributed by atoms with E-state index < -0.39 is 0 Å². The zero-order chi connectivity index (χ0) is 11.5. The molecule has 0 aliphatic heterocycles. The first-order valence-electron chi connectivity index (χ1n) is 5.06. The van der Waals surface area contributed by atoms with Crippen LogP contribution in [0.25, 0.3) is 0 Å². The highest BCUT2D eigenvalue weighted by Gasteiger charge is 2.01. The summed E-state index contributed by atoms with van der Waals surface area (Å²) in [6.07, 6.45) is 5.52. The lowest BCUT2D eigenvalue weighted by Gasteiger charge is -2.03. The zero-order valence-corrected chi connectivity index (χ0v) is 10.5. The van der Waals surface area contributed by atoms with Crippen LogP contribution in [0.15, 0.2) is 40.0 Å². The molecule has 0 saturated heterocycles. The molecule has 0 spiro atoms. The van der Waals surface area contributed by atoms with Crippen molar-refractivity contribution in [2.75, 3.05) is 0 Å². The molecule has 0 N–H and O–H groups in total. The van der Waals surface area contributed by atoms with Gasteiger partial charge in [0.25, 0.3) is 5.56 Å². The molecule has 2 aromatic rings. The lowest BCUT2D eigenvalue weighted by Crippen LogP contribution is -2.18. The maximum atomic E-state index is 11.6. The van der Waals surface area contributed by atoms with Gasteiger partial charge in [0.2, 0.25) is 0 Å². The molecule has 0 aliphatic rings. The van der Waals surface area contributed by atoms with Crippen molar-refractivity contribution >= 4 is 15.9 Å². The van der Waals surface area contributed by atoms with E-state index in [9.17, 15) is 4.79 Å². The molecule has 0 radical (unpaired) electrons. The molecule has 4 nitrogen and oxygen atoms in total. The fourth-order valence-electron chi connectivity index (χ4n) is 1.48. The minimum absolute atomic E-state index is 0.00699. The highest BCUT2D eigenvalue weighted by atomic mass is 79.9. The second kappa shape index (κ2) is 4.65. The van der Waals surface area contributed by atoms with Gasteiger partial charge in [0, 0.05) is 35.0 Å². The van der Waals surface area contributed by atoms with Gasteiger partial charge in [-0.3, -0.25) is 9.48 Å². The number of pyridine rings is 1. The van der Waals surface area contributed by atoms with Crippen molar-refractivity contribution in [3.8, 4) is 0 Å². The molecule has 84 valence electrons. The molecule has 0 saturated carbocycles. The molecule has 2 aromatic heterocycles. The summed E-state index contributed by atoms with van der Waals surface area (Å²) in [5, 5.41) is 4.17. The Morgan fingerprint density at radius 3 is 2.88 bits per heavy atom. The number of aryl methyl sites for hydroxylation is 1. The van der Waals surface area contributed by atoms with Gasteiger partial charge in [-0.25, -0.2) is 0 Å². The van der Waals surface area contributed by atoms with Crippen LogP contribution in [0.4, 0.5) is 0 Å². The topological polar surface area (TPSA) is 39.8 Å². The molecule has 0 unspecified atom stereocenters. The van der Waals surface area contributed by atoms with Crippen molar-refractivity contribution in [3.05, 3.63) is 51.1 Å². The molecule has 0 bridgehead atoms. The Bertz CT molecular complexity index is 544. The van der Waals surface area contributed by atoms with Crippen LogP contribution in [0.5, 0.6) is 0 Å². The van der Waals surface area contributed by atoms with Gasteiger partial charge in [0.15, 0.2) is 0 Å². The lowest BCUT2D eigenvalue weighted by atomic mass is 10.3. The molecule has 0 aliphatic carbocycles. The Kier molecular flexibility index (Phi) is 3.24. The molecule has 0 atom stereocenters. The molecule has 2 rings (SSSR count). The summed E-state index contributed by atoms with van der Waals surface area (Å²) >= 11 is 3.35. The van der Waals surface area contributed by atoms with Gasteiger partial charge >= 0.3 is 0 Å². The summed E-state index contributed by atoms with van der Waals surface area (Å²) in [7, 11) is 0. The molecule has 0 aromatic carbocycles. The van der Waals surface area contributed by atoms with Gasteiger partial charge < -0.3 is 4.57 Å². The number of hydrogen-bond acceptors (Lipinski definition) is 2. The van der Waals surface area contributed by atoms with E-state index in [4.69, 9.17) is 0 Å². The highest BCUT2D eigenvalue weighted by molar-refractivity contribution is 9.10. The van der Waals surface area contributed by atoms with E-state index in [1.54, 1.807) is 29.1 Å². The largest absolute Gasteiger partial charge is 0.310 e. The van der Waals surface area contributed by atoms with Crippen LogP contribution >= 0.6 is 15.9 Å². The van der Waals surface area contributed by atoms with Crippen molar-refractivity contribution in [1.82, 2.24) is 14.3 Å². The smallest absolute Gasteiger partial charge is 0.250 e. The Labute approximate surface area is 102 Å². The van der Waals surface area contributed by atoms with E-state index in [-0.39, 0.29) is 5.56 Å². The number of rotatable bonds is 3. The molecule has 0 amide bonds. The molecule has 5 heteroatoms. The van der Waals surface area contributed by atoms with E-state index >= 15 is 0 Å². The number of hydrogen-bond donors (Lipinski definition) is 0. The fraction of sp³-hybridized carbons (Fsp3) is 0.273. The average molecular weight is 282 g/mol. The van der Waals surface area contributed by atoms with Crippen LogP contribution in [0.3, 0.4) is 0 Å². The maximum Gasteiger partial charge on any atom is 0.250 e. The third-order valence-electron chi connectivity index (χ3n) is 2.31. The van der Waals surface area contributed by atoms with Crippen molar-refractivity contribution in [2.24, 2.45) is 0 Å². The van der Waals surface area contributed by atoms with Crippen molar-refractivity contribution in [3.63, 3.8) is 0 Å². The lowest BCUT2D eigenvalue weighted by molar-refractivity contribution is 0.658. The number of nitrogens with zero attached hydrogens (tertiary/aromatic N) is 3. The third kappa shape index (κ3) is 2.41. The zero-order valence-electron chi connectivity index (χ0n) is 8.93. The van der Waals surface area contributed by atoms with Gasteiger partial charge in [0.1, 0.15) is 0 Å². The summed E-state index contributed by atoms with van der Waals surface area (Å²) in [5.74, 6) is 0. The normalized spacial score (nSPS) is 10.6. The summed E-state index contributed by atoms with van der Waals surface area (Å²) in [4.78, 5) is 11.6. The quantitative estimate of drug-likeness (QED) is 0.862. The molecular weight excluding hydrogens is 270 g/mol. The second-order valence-corrected chi connectivity index (χ2v) is 4.43. The Morgan fingerprint density at radius 1 is 1.38 bits per heavy atom. The summed E-state index contributed by atoms with van der Waals surface area (Å²) < 4.78 is 4.40. The molecule has 2 heterocycles. The fourth-order valence-corrected chi connectivity index (χ4v) is 1.86. The standard InChI is InChI=1S/C11H12BrN3O/c1-2-15-7-9(5-13-15)6-14-8-10(12)3-4-11(14)16/h3-5,7-8H,2,6H2,1H3. The van der Waals surface area contributed by atoms with E-state index in [1.807, 2.05) is 17.8 Å². The van der Waals surface area contributed by atoms with E-state index in [1.165, 1.54) is 0 Å². The van der Waals surface area contributed by atoms with Gasteiger partial charge in [0.05, 0.1) is 12.7 Å². The SMILES string of the molecule is CCn1cc(Cn2cc(Br)ccc2=O)cn1. The van der Waals surface area contributed by atoms with Crippen LogP contribution in [0.1, 0.15) is 12.5 Å². The Morgan fingerprint density at radius 2 is 2.19 bits per heavy atom.